The van der Waals surface area contributed by atoms with Crippen LogP contribution in [0.15, 0.2) is 47.7 Å². The van der Waals surface area contributed by atoms with Gasteiger partial charge in [0.1, 0.15) is 34.4 Å². The van der Waals surface area contributed by atoms with E-state index in [-0.39, 0.29) is 28.0 Å². The van der Waals surface area contributed by atoms with Gasteiger partial charge >= 0.3 is 0 Å². The van der Waals surface area contributed by atoms with Gasteiger partial charge in [-0.25, -0.2) is 18.4 Å². The van der Waals surface area contributed by atoms with Crippen LogP contribution in [0.3, 0.4) is 0 Å². The van der Waals surface area contributed by atoms with Crippen molar-refractivity contribution in [2.75, 3.05) is 0 Å². The fourth-order valence-electron chi connectivity index (χ4n) is 3.14. The summed E-state index contributed by atoms with van der Waals surface area (Å²) in [6, 6.07) is 4.82. The lowest BCUT2D eigenvalue weighted by molar-refractivity contribution is 0.0734. The number of aromatic nitrogens is 5. The maximum absolute atomic E-state index is 14.1. The van der Waals surface area contributed by atoms with Gasteiger partial charge in [-0.1, -0.05) is 23.2 Å². The Morgan fingerprint density at radius 1 is 1.20 bits per heavy atom. The zero-order chi connectivity index (χ0) is 27.3. The standard InChI is InChI=1S/C23H19Cl2F2N5O3/c1-12-6-18(35-11-16-15(27)7-13(26)9-28-16)21(25)22(33)32(12)17-8-20(29-10-14(17)24)31-5-4-19(30-31)23(2,3)34/h4-10,34H,11H2,1-3H3/i11D2. The maximum Gasteiger partial charge on any atom is 0.277 e. The van der Waals surface area contributed by atoms with Crippen molar-refractivity contribution < 1.29 is 21.4 Å². The van der Waals surface area contributed by atoms with Gasteiger partial charge in [0.05, 0.1) is 31.5 Å². The number of aryl methyl sites for hydroxylation is 1. The number of rotatable bonds is 6. The van der Waals surface area contributed by atoms with E-state index in [1.165, 1.54) is 29.9 Å². The lowest BCUT2D eigenvalue weighted by Crippen LogP contribution is -2.22. The molecule has 1 N–H and O–H groups in total. The molecule has 35 heavy (non-hydrogen) atoms. The Balaban J connectivity index is 1.76. The van der Waals surface area contributed by atoms with Crippen molar-refractivity contribution in [3.63, 3.8) is 0 Å². The Kier molecular flexibility index (Phi) is 5.93. The molecule has 0 aliphatic heterocycles. The molecule has 0 spiro atoms. The fourth-order valence-corrected chi connectivity index (χ4v) is 3.51. The molecule has 0 amide bonds. The van der Waals surface area contributed by atoms with E-state index >= 15 is 0 Å². The largest absolute Gasteiger partial charge is 0.485 e. The van der Waals surface area contributed by atoms with Crippen LogP contribution in [-0.2, 0) is 12.2 Å². The van der Waals surface area contributed by atoms with E-state index in [0.717, 1.165) is 4.57 Å². The third-order valence-corrected chi connectivity index (χ3v) is 5.52. The van der Waals surface area contributed by atoms with Crippen LogP contribution in [0.5, 0.6) is 5.75 Å². The van der Waals surface area contributed by atoms with Gasteiger partial charge in [-0.05, 0) is 26.8 Å². The number of ether oxygens (including phenoxy) is 1. The molecule has 0 aliphatic carbocycles. The normalized spacial score (nSPS) is 12.9. The average molecular weight is 524 g/mol. The topological polar surface area (TPSA) is 95.1 Å². The summed E-state index contributed by atoms with van der Waals surface area (Å²) in [6.45, 7) is 1.80. The van der Waals surface area contributed by atoms with Gasteiger partial charge in [-0.2, -0.15) is 5.10 Å². The molecule has 4 aromatic rings. The van der Waals surface area contributed by atoms with Crippen LogP contribution >= 0.6 is 23.2 Å². The van der Waals surface area contributed by atoms with E-state index in [0.29, 0.717) is 18.0 Å². The Bertz CT molecular complexity index is 1570. The Morgan fingerprint density at radius 3 is 2.60 bits per heavy atom. The van der Waals surface area contributed by atoms with E-state index in [1.807, 2.05) is 0 Å². The Hall–Kier alpha value is -3.34. The lowest BCUT2D eigenvalue weighted by atomic mass is 10.1. The quantitative estimate of drug-likeness (QED) is 0.399. The van der Waals surface area contributed by atoms with E-state index in [4.69, 9.17) is 30.7 Å². The second kappa shape index (κ2) is 9.37. The van der Waals surface area contributed by atoms with Crippen LogP contribution < -0.4 is 10.3 Å². The van der Waals surface area contributed by atoms with Crippen LogP contribution in [0.4, 0.5) is 8.78 Å². The summed E-state index contributed by atoms with van der Waals surface area (Å²) in [7, 11) is 0. The molecule has 0 saturated carbocycles. The first kappa shape index (κ1) is 22.1. The zero-order valence-corrected chi connectivity index (χ0v) is 20.1. The first-order valence-corrected chi connectivity index (χ1v) is 10.8. The van der Waals surface area contributed by atoms with Crippen molar-refractivity contribution in [3.05, 3.63) is 92.0 Å². The van der Waals surface area contributed by atoms with Crippen molar-refractivity contribution in [1.82, 2.24) is 24.3 Å². The van der Waals surface area contributed by atoms with E-state index in [9.17, 15) is 18.7 Å². The van der Waals surface area contributed by atoms with Gasteiger partial charge in [0, 0.05) is 30.1 Å². The number of nitrogens with zero attached hydrogens (tertiary/aromatic N) is 5. The number of hydrogen-bond donors (Lipinski definition) is 1. The molecule has 0 saturated heterocycles. The van der Waals surface area contributed by atoms with Crippen LogP contribution in [0.1, 0.15) is 33.7 Å². The average Bonchev–Trinajstić information content (AvgIpc) is 3.29. The third kappa shape index (κ3) is 5.04. The van der Waals surface area contributed by atoms with Crippen LogP contribution in [0.2, 0.25) is 10.0 Å². The van der Waals surface area contributed by atoms with Gasteiger partial charge in [-0.15, -0.1) is 0 Å². The summed E-state index contributed by atoms with van der Waals surface area (Å²) in [5.41, 5.74) is -1.99. The number of hydrogen-bond acceptors (Lipinski definition) is 6. The minimum atomic E-state index is -2.88. The lowest BCUT2D eigenvalue weighted by Gasteiger charge is -2.16. The Morgan fingerprint density at radius 2 is 1.94 bits per heavy atom. The predicted octanol–water partition coefficient (Wildman–Crippen LogP) is 4.51. The predicted molar refractivity (Wildman–Crippen MR) is 125 cm³/mol. The number of halogens is 4. The van der Waals surface area contributed by atoms with Gasteiger partial charge < -0.3 is 9.84 Å². The highest BCUT2D eigenvalue weighted by atomic mass is 35.5. The minimum absolute atomic E-state index is 0.0986. The minimum Gasteiger partial charge on any atom is -0.485 e. The van der Waals surface area contributed by atoms with Gasteiger partial charge in [0.2, 0.25) is 0 Å². The SMILES string of the molecule is [2H]C([2H])(Oc1cc(C)n(-c2cc(-n3ccc(C(C)(C)O)n3)ncc2Cl)c(=O)c1Cl)c1ncc(F)cc1F. The van der Waals surface area contributed by atoms with Crippen molar-refractivity contribution in [2.24, 2.45) is 0 Å². The first-order chi connectivity index (χ1) is 17.2. The van der Waals surface area contributed by atoms with Gasteiger partial charge in [0.15, 0.2) is 11.6 Å². The summed E-state index contributed by atoms with van der Waals surface area (Å²) in [5, 5.41) is 14.1. The molecule has 4 rings (SSSR count). The number of pyridine rings is 3. The van der Waals surface area contributed by atoms with E-state index in [2.05, 4.69) is 15.1 Å². The second-order valence-corrected chi connectivity index (χ2v) is 8.78. The summed E-state index contributed by atoms with van der Waals surface area (Å²) in [6.07, 6.45) is 3.53. The molecule has 0 aromatic carbocycles. The monoisotopic (exact) mass is 523 g/mol. The Labute approximate surface area is 211 Å². The molecule has 8 nitrogen and oxygen atoms in total. The highest BCUT2D eigenvalue weighted by Crippen LogP contribution is 2.28. The van der Waals surface area contributed by atoms with Crippen LogP contribution in [0.25, 0.3) is 11.5 Å². The molecule has 4 aromatic heterocycles. The van der Waals surface area contributed by atoms with Crippen molar-refractivity contribution in [2.45, 2.75) is 32.9 Å². The molecule has 0 atom stereocenters. The van der Waals surface area contributed by atoms with Gasteiger partial charge in [0.25, 0.3) is 5.56 Å². The van der Waals surface area contributed by atoms with Crippen molar-refractivity contribution >= 4 is 23.2 Å². The molecule has 12 heteroatoms. The fraction of sp³-hybridized carbons (Fsp3) is 0.217. The molecular formula is C23H19Cl2F2N5O3. The molecule has 0 bridgehead atoms. The summed E-state index contributed by atoms with van der Waals surface area (Å²) < 4.78 is 51.2. The van der Waals surface area contributed by atoms with E-state index < -0.39 is 40.1 Å². The number of aliphatic hydroxyl groups is 1. The molecule has 0 radical (unpaired) electrons. The first-order valence-electron chi connectivity index (χ1n) is 11.1. The van der Waals surface area contributed by atoms with Crippen LogP contribution in [0, 0.1) is 18.6 Å². The smallest absolute Gasteiger partial charge is 0.277 e. The summed E-state index contributed by atoms with van der Waals surface area (Å²) in [5.74, 6) is -2.36. The molecule has 0 fully saturated rings. The summed E-state index contributed by atoms with van der Waals surface area (Å²) >= 11 is 12.6. The van der Waals surface area contributed by atoms with E-state index in [1.54, 1.807) is 26.1 Å². The second-order valence-electron chi connectivity index (χ2n) is 7.99. The molecule has 4 heterocycles. The van der Waals surface area contributed by atoms with Gasteiger partial charge in [-0.3, -0.25) is 14.3 Å². The van der Waals surface area contributed by atoms with Crippen molar-refractivity contribution in [3.8, 4) is 17.3 Å². The van der Waals surface area contributed by atoms with Crippen LogP contribution in [-0.4, -0.2) is 29.4 Å². The third-order valence-electron chi connectivity index (χ3n) is 4.88. The zero-order valence-electron chi connectivity index (χ0n) is 20.6. The molecular weight excluding hydrogens is 503 g/mol. The highest BCUT2D eigenvalue weighted by Gasteiger charge is 2.21. The molecule has 182 valence electrons. The van der Waals surface area contributed by atoms with Crippen molar-refractivity contribution in [1.29, 1.82) is 0 Å². The maximum atomic E-state index is 14.1. The highest BCUT2D eigenvalue weighted by molar-refractivity contribution is 6.32. The molecule has 0 unspecified atom stereocenters. The molecule has 0 aliphatic rings. The summed E-state index contributed by atoms with van der Waals surface area (Å²) in [4.78, 5) is 20.9.